The lowest BCUT2D eigenvalue weighted by atomic mass is 9.98. The molecule has 6 rings (SSSR count). The van der Waals surface area contributed by atoms with Crippen molar-refractivity contribution in [1.82, 2.24) is 24.8 Å². The molecule has 0 radical (unpaired) electrons. The third kappa shape index (κ3) is 4.35. The SMILES string of the molecule is C=CC(=O)N1CCC(N[C@H]2CCc3cc(-c4nc5ccc(OC)nn5c4-c4ccccc4F)ccc32)CC1. The van der Waals surface area contributed by atoms with Gasteiger partial charge in [-0.1, -0.05) is 30.8 Å². The van der Waals surface area contributed by atoms with E-state index in [1.807, 2.05) is 17.0 Å². The third-order valence-electron chi connectivity index (χ3n) is 7.70. The lowest BCUT2D eigenvalue weighted by Crippen LogP contribution is -2.45. The molecule has 0 saturated carbocycles. The molecule has 1 atom stereocenters. The number of halogens is 1. The lowest BCUT2D eigenvalue weighted by Gasteiger charge is -2.33. The maximum atomic E-state index is 15.0. The number of aryl methyl sites for hydroxylation is 1. The quantitative estimate of drug-likeness (QED) is 0.371. The summed E-state index contributed by atoms with van der Waals surface area (Å²) in [7, 11) is 1.56. The normalized spacial score (nSPS) is 17.5. The molecule has 8 heteroatoms. The number of carbonyl (C=O) groups is 1. The van der Waals surface area contributed by atoms with Crippen LogP contribution in [0.25, 0.3) is 28.2 Å². The monoisotopic (exact) mass is 511 g/mol. The molecule has 1 aliphatic heterocycles. The zero-order valence-electron chi connectivity index (χ0n) is 21.4. The lowest BCUT2D eigenvalue weighted by molar-refractivity contribution is -0.127. The summed E-state index contributed by atoms with van der Waals surface area (Å²) in [5, 5.41) is 8.39. The van der Waals surface area contributed by atoms with E-state index in [4.69, 9.17) is 9.72 Å². The van der Waals surface area contributed by atoms with Gasteiger partial charge >= 0.3 is 0 Å². The van der Waals surface area contributed by atoms with E-state index in [0.29, 0.717) is 34.5 Å². The van der Waals surface area contributed by atoms with Gasteiger partial charge in [0.15, 0.2) is 5.65 Å². The van der Waals surface area contributed by atoms with Gasteiger partial charge in [-0.05, 0) is 67.2 Å². The van der Waals surface area contributed by atoms with Crippen molar-refractivity contribution in [2.45, 2.75) is 37.8 Å². The van der Waals surface area contributed by atoms with Crippen molar-refractivity contribution < 1.29 is 13.9 Å². The summed E-state index contributed by atoms with van der Waals surface area (Å²) in [5.74, 6) is 0.116. The number of nitrogens with zero attached hydrogens (tertiary/aromatic N) is 4. The number of rotatable bonds is 6. The van der Waals surface area contributed by atoms with Crippen molar-refractivity contribution in [3.8, 4) is 28.4 Å². The number of carbonyl (C=O) groups excluding carboxylic acids is 1. The smallest absolute Gasteiger partial charge is 0.245 e. The van der Waals surface area contributed by atoms with Crippen LogP contribution < -0.4 is 10.1 Å². The molecule has 1 saturated heterocycles. The fourth-order valence-corrected chi connectivity index (χ4v) is 5.74. The molecule has 4 aromatic rings. The first-order valence-corrected chi connectivity index (χ1v) is 13.0. The molecule has 1 aliphatic carbocycles. The maximum absolute atomic E-state index is 15.0. The van der Waals surface area contributed by atoms with Crippen LogP contribution in [0, 0.1) is 5.82 Å². The Labute approximate surface area is 220 Å². The highest BCUT2D eigenvalue weighted by Crippen LogP contribution is 2.39. The molecule has 7 nitrogen and oxygen atoms in total. The van der Waals surface area contributed by atoms with Crippen LogP contribution in [0.15, 0.2) is 67.3 Å². The molecular weight excluding hydrogens is 481 g/mol. The van der Waals surface area contributed by atoms with Crippen molar-refractivity contribution in [2.75, 3.05) is 20.2 Å². The predicted molar refractivity (Wildman–Crippen MR) is 144 cm³/mol. The number of aromatic nitrogens is 3. The summed E-state index contributed by atoms with van der Waals surface area (Å²) in [6.45, 7) is 5.11. The minimum atomic E-state index is -0.327. The number of likely N-dealkylation sites (tertiary alicyclic amines) is 1. The summed E-state index contributed by atoms with van der Waals surface area (Å²) in [5.41, 5.74) is 5.87. The minimum Gasteiger partial charge on any atom is -0.480 e. The number of amides is 1. The van der Waals surface area contributed by atoms with Crippen molar-refractivity contribution >= 4 is 11.6 Å². The van der Waals surface area contributed by atoms with E-state index in [1.54, 1.807) is 29.8 Å². The number of piperidine rings is 1. The van der Waals surface area contributed by atoms with Gasteiger partial charge in [0.1, 0.15) is 11.5 Å². The standard InChI is InChI=1S/C30H30FN5O2/c1-3-28(37)35-16-14-21(15-17-35)32-25-11-9-19-18-20(8-10-22(19)25)29-30(23-6-4-5-7-24(23)31)36-26(33-29)12-13-27(34-36)38-2/h3-8,10,12-13,18,21,25,32H,1,9,11,14-17H2,2H3/t25-/m0/s1. The minimum absolute atomic E-state index is 0.0116. The molecule has 3 heterocycles. The van der Waals surface area contributed by atoms with Gasteiger partial charge in [0.05, 0.1) is 12.8 Å². The molecule has 1 fully saturated rings. The Balaban J connectivity index is 1.31. The second-order valence-corrected chi connectivity index (χ2v) is 9.91. The summed E-state index contributed by atoms with van der Waals surface area (Å²) in [4.78, 5) is 18.6. The van der Waals surface area contributed by atoms with Gasteiger partial charge in [-0.2, -0.15) is 0 Å². The van der Waals surface area contributed by atoms with Crippen LogP contribution in [0.2, 0.25) is 0 Å². The van der Waals surface area contributed by atoms with E-state index in [2.05, 4.69) is 35.2 Å². The van der Waals surface area contributed by atoms with Gasteiger partial charge in [-0.25, -0.2) is 13.9 Å². The predicted octanol–water partition coefficient (Wildman–Crippen LogP) is 4.96. The Morgan fingerprint density at radius 2 is 1.95 bits per heavy atom. The number of ether oxygens (including phenoxy) is 1. The third-order valence-corrected chi connectivity index (χ3v) is 7.70. The van der Waals surface area contributed by atoms with Crippen molar-refractivity contribution in [2.24, 2.45) is 0 Å². The Morgan fingerprint density at radius 3 is 2.71 bits per heavy atom. The Bertz CT molecular complexity index is 1520. The summed E-state index contributed by atoms with van der Waals surface area (Å²) in [6, 6.07) is 17.4. The largest absolute Gasteiger partial charge is 0.480 e. The average molecular weight is 512 g/mol. The molecule has 38 heavy (non-hydrogen) atoms. The van der Waals surface area contributed by atoms with Gasteiger partial charge in [0.25, 0.3) is 0 Å². The van der Waals surface area contributed by atoms with Gasteiger partial charge in [0.2, 0.25) is 11.8 Å². The fourth-order valence-electron chi connectivity index (χ4n) is 5.74. The number of methoxy groups -OCH3 is 1. The summed E-state index contributed by atoms with van der Waals surface area (Å²) < 4.78 is 22.0. The Morgan fingerprint density at radius 1 is 1.13 bits per heavy atom. The van der Waals surface area contributed by atoms with Crippen LogP contribution in [0.1, 0.15) is 36.4 Å². The number of benzene rings is 2. The summed E-state index contributed by atoms with van der Waals surface area (Å²) >= 11 is 0. The van der Waals surface area contributed by atoms with Gasteiger partial charge in [0, 0.05) is 42.4 Å². The first kappa shape index (κ1) is 24.3. The first-order chi connectivity index (χ1) is 18.6. The van der Waals surface area contributed by atoms with Gasteiger partial charge in [-0.3, -0.25) is 4.79 Å². The molecule has 1 amide bonds. The van der Waals surface area contributed by atoms with Gasteiger partial charge in [-0.15, -0.1) is 5.10 Å². The molecule has 2 aliphatic rings. The fraction of sp³-hybridized carbons (Fsp3) is 0.300. The Kier molecular flexibility index (Phi) is 6.41. The Hall–Kier alpha value is -4.04. The van der Waals surface area contributed by atoms with E-state index in [1.165, 1.54) is 23.3 Å². The highest BCUT2D eigenvalue weighted by molar-refractivity contribution is 5.87. The van der Waals surface area contributed by atoms with Crippen molar-refractivity contribution in [3.05, 3.63) is 84.2 Å². The maximum Gasteiger partial charge on any atom is 0.245 e. The van der Waals surface area contributed by atoms with Crippen LogP contribution in [0.4, 0.5) is 4.39 Å². The zero-order chi connectivity index (χ0) is 26.2. The molecule has 0 bridgehead atoms. The van der Waals surface area contributed by atoms with E-state index < -0.39 is 0 Å². The van der Waals surface area contributed by atoms with E-state index in [0.717, 1.165) is 44.3 Å². The van der Waals surface area contributed by atoms with Crippen LogP contribution >= 0.6 is 0 Å². The van der Waals surface area contributed by atoms with Crippen molar-refractivity contribution in [3.63, 3.8) is 0 Å². The highest BCUT2D eigenvalue weighted by atomic mass is 19.1. The molecule has 2 aromatic heterocycles. The van der Waals surface area contributed by atoms with Crippen LogP contribution in [0.5, 0.6) is 5.88 Å². The number of hydrogen-bond donors (Lipinski definition) is 1. The molecule has 194 valence electrons. The zero-order valence-corrected chi connectivity index (χ0v) is 21.4. The number of nitrogens with one attached hydrogen (secondary N) is 1. The van der Waals surface area contributed by atoms with E-state index in [9.17, 15) is 4.79 Å². The second kappa shape index (κ2) is 10.0. The number of fused-ring (bicyclic) bond motifs is 2. The number of hydrogen-bond acceptors (Lipinski definition) is 5. The topological polar surface area (TPSA) is 71.8 Å². The molecule has 1 N–H and O–H groups in total. The molecule has 0 spiro atoms. The summed E-state index contributed by atoms with van der Waals surface area (Å²) in [6.07, 6.45) is 5.25. The molecule has 0 unspecified atom stereocenters. The van der Waals surface area contributed by atoms with E-state index >= 15 is 4.39 Å². The first-order valence-electron chi connectivity index (χ1n) is 13.0. The van der Waals surface area contributed by atoms with Crippen LogP contribution in [-0.2, 0) is 11.2 Å². The highest BCUT2D eigenvalue weighted by Gasteiger charge is 2.29. The number of imidazole rings is 1. The van der Waals surface area contributed by atoms with Crippen LogP contribution in [-0.4, -0.2) is 51.6 Å². The van der Waals surface area contributed by atoms with Gasteiger partial charge < -0.3 is 15.0 Å². The second-order valence-electron chi connectivity index (χ2n) is 9.91. The van der Waals surface area contributed by atoms with Crippen molar-refractivity contribution in [1.29, 1.82) is 0 Å². The molecular formula is C30H30FN5O2. The average Bonchev–Trinajstić information content (AvgIpc) is 3.53. The van der Waals surface area contributed by atoms with Crippen LogP contribution in [0.3, 0.4) is 0 Å². The molecule has 2 aromatic carbocycles. The van der Waals surface area contributed by atoms with E-state index in [-0.39, 0.29) is 17.8 Å².